The Kier molecular flexibility index (Phi) is 5.50. The van der Waals surface area contributed by atoms with Gasteiger partial charge in [0.1, 0.15) is 11.6 Å². The average molecular weight is 486 g/mol. The molecule has 3 aliphatic heterocycles. The highest BCUT2D eigenvalue weighted by Crippen LogP contribution is 2.58. The van der Waals surface area contributed by atoms with Crippen molar-refractivity contribution in [3.63, 3.8) is 0 Å². The molecule has 8 heteroatoms. The molecular weight excluding hydrogens is 458 g/mol. The number of para-hydroxylation sites is 1. The number of likely N-dealkylation sites (tertiary alicyclic amines) is 1. The molecule has 3 fully saturated rings. The van der Waals surface area contributed by atoms with Gasteiger partial charge in [-0.05, 0) is 47.9 Å². The second kappa shape index (κ2) is 8.72. The van der Waals surface area contributed by atoms with Crippen molar-refractivity contribution in [3.05, 3.63) is 72.8 Å². The first-order chi connectivity index (χ1) is 17.5. The highest BCUT2D eigenvalue weighted by atomic mass is 16.5. The van der Waals surface area contributed by atoms with Crippen LogP contribution in [0.3, 0.4) is 0 Å². The normalized spacial score (nSPS) is 28.4. The van der Waals surface area contributed by atoms with Gasteiger partial charge >= 0.3 is 0 Å². The van der Waals surface area contributed by atoms with Crippen LogP contribution < -0.4 is 10.6 Å². The molecule has 8 nitrogen and oxygen atoms in total. The standard InChI is InChI=1S/C28H27N3O5/c32-15-14-31-24(26(34)30-20-11-10-17-6-4-5-7-18(17)16-20)28-13-12-21(36-28)22(23(28)27(31)35)25(33)29-19-8-2-1-3-9-19/h1-11,16,21-24,32H,12-15H2,(H,29,33)(H,30,34)/t21-,22+,23-,24?,28?/m0/s1. The first-order valence-corrected chi connectivity index (χ1v) is 12.3. The van der Waals surface area contributed by atoms with Crippen molar-refractivity contribution in [2.45, 2.75) is 30.6 Å². The summed E-state index contributed by atoms with van der Waals surface area (Å²) in [6.45, 7) is -0.299. The average Bonchev–Trinajstić information content (AvgIpc) is 3.52. The van der Waals surface area contributed by atoms with Crippen molar-refractivity contribution in [1.29, 1.82) is 0 Å². The lowest BCUT2D eigenvalue weighted by Crippen LogP contribution is -2.53. The monoisotopic (exact) mass is 485 g/mol. The van der Waals surface area contributed by atoms with Gasteiger partial charge in [-0.15, -0.1) is 0 Å². The lowest BCUT2D eigenvalue weighted by Gasteiger charge is -2.33. The quantitative estimate of drug-likeness (QED) is 0.498. The first kappa shape index (κ1) is 22.7. The second-order valence-electron chi connectivity index (χ2n) is 9.72. The van der Waals surface area contributed by atoms with E-state index in [0.29, 0.717) is 24.2 Å². The Morgan fingerprint density at radius 1 is 0.944 bits per heavy atom. The van der Waals surface area contributed by atoms with E-state index in [1.165, 1.54) is 4.90 Å². The Hall–Kier alpha value is -3.75. The summed E-state index contributed by atoms with van der Waals surface area (Å²) in [6, 6.07) is 21.6. The summed E-state index contributed by atoms with van der Waals surface area (Å²) in [6.07, 6.45) is 0.652. The number of hydrogen-bond donors (Lipinski definition) is 3. The number of nitrogens with one attached hydrogen (secondary N) is 2. The summed E-state index contributed by atoms with van der Waals surface area (Å²) in [7, 11) is 0. The Labute approximate surface area is 208 Å². The summed E-state index contributed by atoms with van der Waals surface area (Å²) >= 11 is 0. The molecule has 36 heavy (non-hydrogen) atoms. The SMILES string of the molecule is O=C(Nc1ccc2ccccc2c1)C1N(CCO)C(=O)[C@@H]2[C@H](C(=O)Nc3ccccc3)[C@@H]3CCC12O3. The predicted molar refractivity (Wildman–Crippen MR) is 134 cm³/mol. The maximum atomic E-state index is 13.7. The van der Waals surface area contributed by atoms with E-state index in [9.17, 15) is 19.5 Å². The molecule has 2 unspecified atom stereocenters. The Balaban J connectivity index is 1.31. The molecule has 3 aromatic rings. The predicted octanol–water partition coefficient (Wildman–Crippen LogP) is 2.78. The van der Waals surface area contributed by atoms with Crippen molar-refractivity contribution in [2.24, 2.45) is 11.8 Å². The number of amides is 3. The summed E-state index contributed by atoms with van der Waals surface area (Å²) in [5.74, 6) is -2.46. The van der Waals surface area contributed by atoms with Gasteiger partial charge in [-0.1, -0.05) is 48.5 Å². The molecule has 1 spiro atoms. The number of nitrogens with zero attached hydrogens (tertiary/aromatic N) is 1. The maximum absolute atomic E-state index is 13.7. The molecule has 3 N–H and O–H groups in total. The summed E-state index contributed by atoms with van der Waals surface area (Å²) in [5.41, 5.74) is 0.153. The molecule has 184 valence electrons. The van der Waals surface area contributed by atoms with Gasteiger partial charge in [0.25, 0.3) is 0 Å². The highest BCUT2D eigenvalue weighted by molar-refractivity contribution is 6.05. The lowest BCUT2D eigenvalue weighted by atomic mass is 9.70. The number of carbonyl (C=O) groups is 3. The Bertz CT molecular complexity index is 1350. The number of benzene rings is 3. The molecule has 0 saturated carbocycles. The fourth-order valence-corrected chi connectivity index (χ4v) is 6.33. The van der Waals surface area contributed by atoms with Gasteiger partial charge < -0.3 is 25.4 Å². The van der Waals surface area contributed by atoms with Crippen molar-refractivity contribution < 1.29 is 24.2 Å². The number of aliphatic hydroxyl groups excluding tert-OH is 1. The molecular formula is C28H27N3O5. The van der Waals surface area contributed by atoms with E-state index >= 15 is 0 Å². The van der Waals surface area contributed by atoms with Crippen LogP contribution in [0.4, 0.5) is 11.4 Å². The number of rotatable bonds is 6. The lowest BCUT2D eigenvalue weighted by molar-refractivity contribution is -0.140. The zero-order chi connectivity index (χ0) is 24.9. The van der Waals surface area contributed by atoms with Crippen LogP contribution >= 0.6 is 0 Å². The molecule has 2 bridgehead atoms. The van der Waals surface area contributed by atoms with E-state index in [0.717, 1.165) is 10.8 Å². The molecule has 3 heterocycles. The summed E-state index contributed by atoms with van der Waals surface area (Å²) in [4.78, 5) is 42.1. The number of fused-ring (bicyclic) bond motifs is 2. The van der Waals surface area contributed by atoms with Gasteiger partial charge in [0, 0.05) is 17.9 Å². The number of anilines is 2. The third-order valence-electron chi connectivity index (χ3n) is 7.75. The minimum atomic E-state index is -1.10. The van der Waals surface area contributed by atoms with Crippen molar-refractivity contribution in [3.8, 4) is 0 Å². The van der Waals surface area contributed by atoms with Gasteiger partial charge in [-0.25, -0.2) is 0 Å². The highest BCUT2D eigenvalue weighted by Gasteiger charge is 2.74. The molecule has 3 saturated heterocycles. The number of hydrogen-bond acceptors (Lipinski definition) is 5. The second-order valence-corrected chi connectivity index (χ2v) is 9.72. The molecule has 5 atom stereocenters. The smallest absolute Gasteiger partial charge is 0.250 e. The summed E-state index contributed by atoms with van der Waals surface area (Å²) in [5, 5.41) is 17.6. The van der Waals surface area contributed by atoms with Gasteiger partial charge in [-0.2, -0.15) is 0 Å². The number of carbonyl (C=O) groups excluding carboxylic acids is 3. The fraction of sp³-hybridized carbons (Fsp3) is 0.321. The van der Waals surface area contributed by atoms with Crippen molar-refractivity contribution in [1.82, 2.24) is 4.90 Å². The van der Waals surface area contributed by atoms with Gasteiger partial charge in [-0.3, -0.25) is 14.4 Å². The molecule has 0 radical (unpaired) electrons. The van der Waals surface area contributed by atoms with Crippen molar-refractivity contribution >= 4 is 39.9 Å². The molecule has 0 aliphatic carbocycles. The molecule has 3 amide bonds. The minimum Gasteiger partial charge on any atom is -0.395 e. The van der Waals surface area contributed by atoms with Crippen LogP contribution in [-0.4, -0.2) is 58.6 Å². The fourth-order valence-electron chi connectivity index (χ4n) is 6.33. The van der Waals surface area contributed by atoms with E-state index in [1.807, 2.05) is 60.7 Å². The van der Waals surface area contributed by atoms with Crippen LogP contribution in [-0.2, 0) is 19.1 Å². The number of ether oxygens (including phenoxy) is 1. The van der Waals surface area contributed by atoms with Crippen LogP contribution in [0, 0.1) is 11.8 Å². The maximum Gasteiger partial charge on any atom is 0.250 e. The molecule has 0 aromatic heterocycles. The molecule has 3 aromatic carbocycles. The van der Waals surface area contributed by atoms with Gasteiger partial charge in [0.2, 0.25) is 17.7 Å². The van der Waals surface area contributed by atoms with Gasteiger partial charge in [0.05, 0.1) is 24.5 Å². The summed E-state index contributed by atoms with van der Waals surface area (Å²) < 4.78 is 6.38. The third kappa shape index (κ3) is 3.48. The largest absolute Gasteiger partial charge is 0.395 e. The van der Waals surface area contributed by atoms with E-state index < -0.39 is 29.6 Å². The minimum absolute atomic E-state index is 0.00601. The Morgan fingerprint density at radius 3 is 2.44 bits per heavy atom. The zero-order valence-corrected chi connectivity index (χ0v) is 19.6. The van der Waals surface area contributed by atoms with E-state index in [-0.39, 0.29) is 30.9 Å². The Morgan fingerprint density at radius 2 is 1.67 bits per heavy atom. The zero-order valence-electron chi connectivity index (χ0n) is 19.6. The molecule has 6 rings (SSSR count). The number of aliphatic hydroxyl groups is 1. The van der Waals surface area contributed by atoms with Crippen LogP contribution in [0.1, 0.15) is 12.8 Å². The van der Waals surface area contributed by atoms with Crippen LogP contribution in [0.15, 0.2) is 72.8 Å². The van der Waals surface area contributed by atoms with Crippen LogP contribution in [0.2, 0.25) is 0 Å². The first-order valence-electron chi connectivity index (χ1n) is 12.3. The number of β-amino-alcohol motifs (C(OH)–C–C–N with tert-alkyl or cyclic N) is 1. The van der Waals surface area contributed by atoms with Gasteiger partial charge in [0.15, 0.2) is 0 Å². The van der Waals surface area contributed by atoms with Crippen molar-refractivity contribution in [2.75, 3.05) is 23.8 Å². The molecule has 3 aliphatic rings. The third-order valence-corrected chi connectivity index (χ3v) is 7.75. The van der Waals surface area contributed by atoms with E-state index in [1.54, 1.807) is 12.1 Å². The van der Waals surface area contributed by atoms with Crippen LogP contribution in [0.5, 0.6) is 0 Å². The topological polar surface area (TPSA) is 108 Å². The van der Waals surface area contributed by atoms with E-state index in [4.69, 9.17) is 4.74 Å². The van der Waals surface area contributed by atoms with E-state index in [2.05, 4.69) is 10.6 Å². The van der Waals surface area contributed by atoms with Crippen LogP contribution in [0.25, 0.3) is 10.8 Å².